The number of hydrogen-bond donors (Lipinski definition) is 1. The van der Waals surface area contributed by atoms with Crippen LogP contribution in [0.3, 0.4) is 0 Å². The van der Waals surface area contributed by atoms with Gasteiger partial charge in [0.25, 0.3) is 0 Å². The molecule has 5 heteroatoms. The van der Waals surface area contributed by atoms with Gasteiger partial charge in [-0.3, -0.25) is 0 Å². The van der Waals surface area contributed by atoms with Gasteiger partial charge in [-0.1, -0.05) is 39.0 Å². The third kappa shape index (κ3) is 6.86. The quantitative estimate of drug-likeness (QED) is 0.499. The summed E-state index contributed by atoms with van der Waals surface area (Å²) in [6, 6.07) is 12.3. The van der Waals surface area contributed by atoms with E-state index >= 15 is 0 Å². The standard InChI is InChI=1S/C19H22N4O/c1-2-3-4-5-6-7-12-24-18-10-8-17(9-11-18)23-19(15-22)16(13-20)14-21/h8-11,23H,2-7,12H2,1H3. The predicted octanol–water partition coefficient (Wildman–Crippen LogP) is 4.66. The van der Waals surface area contributed by atoms with Crippen LogP contribution in [-0.4, -0.2) is 6.61 Å². The minimum Gasteiger partial charge on any atom is -0.494 e. The average Bonchev–Trinajstić information content (AvgIpc) is 2.62. The molecule has 0 heterocycles. The second-order valence-corrected chi connectivity index (χ2v) is 5.35. The lowest BCUT2D eigenvalue weighted by molar-refractivity contribution is 0.304. The van der Waals surface area contributed by atoms with Crippen molar-refractivity contribution in [2.75, 3.05) is 11.9 Å². The van der Waals surface area contributed by atoms with Crippen LogP contribution in [0.15, 0.2) is 35.5 Å². The Morgan fingerprint density at radius 2 is 1.54 bits per heavy atom. The molecule has 0 spiro atoms. The predicted molar refractivity (Wildman–Crippen MR) is 92.8 cm³/mol. The highest BCUT2D eigenvalue weighted by Crippen LogP contribution is 2.18. The molecule has 1 N–H and O–H groups in total. The fourth-order valence-corrected chi connectivity index (χ4v) is 2.13. The normalized spacial score (nSPS) is 9.25. The Hall–Kier alpha value is -2.97. The highest BCUT2D eigenvalue weighted by Gasteiger charge is 2.06. The van der Waals surface area contributed by atoms with E-state index in [9.17, 15) is 0 Å². The molecule has 0 saturated heterocycles. The van der Waals surface area contributed by atoms with E-state index in [2.05, 4.69) is 12.2 Å². The number of benzene rings is 1. The van der Waals surface area contributed by atoms with Crippen molar-refractivity contribution in [2.24, 2.45) is 0 Å². The van der Waals surface area contributed by atoms with Gasteiger partial charge in [0.05, 0.1) is 6.61 Å². The molecule has 0 radical (unpaired) electrons. The van der Waals surface area contributed by atoms with E-state index in [0.29, 0.717) is 12.3 Å². The Labute approximate surface area is 143 Å². The monoisotopic (exact) mass is 322 g/mol. The Morgan fingerprint density at radius 3 is 2.12 bits per heavy atom. The van der Waals surface area contributed by atoms with E-state index in [-0.39, 0.29) is 11.3 Å². The van der Waals surface area contributed by atoms with E-state index in [1.165, 1.54) is 32.1 Å². The first-order valence-corrected chi connectivity index (χ1v) is 8.19. The number of hydrogen-bond acceptors (Lipinski definition) is 5. The summed E-state index contributed by atoms with van der Waals surface area (Å²) < 4.78 is 5.68. The van der Waals surface area contributed by atoms with Crippen molar-refractivity contribution < 1.29 is 4.74 Å². The molecular formula is C19H22N4O. The van der Waals surface area contributed by atoms with Gasteiger partial charge in [0.1, 0.15) is 29.7 Å². The molecule has 0 fully saturated rings. The van der Waals surface area contributed by atoms with Gasteiger partial charge in [-0.25, -0.2) is 0 Å². The van der Waals surface area contributed by atoms with Crippen molar-refractivity contribution in [1.82, 2.24) is 0 Å². The first-order chi connectivity index (χ1) is 11.7. The third-order valence-electron chi connectivity index (χ3n) is 3.48. The molecule has 0 unspecified atom stereocenters. The minimum atomic E-state index is -0.235. The number of nitriles is 3. The van der Waals surface area contributed by atoms with E-state index in [0.717, 1.165) is 12.2 Å². The van der Waals surface area contributed by atoms with E-state index < -0.39 is 0 Å². The van der Waals surface area contributed by atoms with Gasteiger partial charge in [0.15, 0.2) is 5.57 Å². The van der Waals surface area contributed by atoms with E-state index in [4.69, 9.17) is 20.5 Å². The van der Waals surface area contributed by atoms with Gasteiger partial charge in [0.2, 0.25) is 0 Å². The van der Waals surface area contributed by atoms with Gasteiger partial charge < -0.3 is 10.1 Å². The van der Waals surface area contributed by atoms with Crippen molar-refractivity contribution in [3.05, 3.63) is 35.5 Å². The van der Waals surface area contributed by atoms with Crippen molar-refractivity contribution in [1.29, 1.82) is 15.8 Å². The molecular weight excluding hydrogens is 300 g/mol. The van der Waals surface area contributed by atoms with Crippen LogP contribution in [0.4, 0.5) is 5.69 Å². The summed E-state index contributed by atoms with van der Waals surface area (Å²) in [6.45, 7) is 2.90. The number of unbranched alkanes of at least 4 members (excludes halogenated alkanes) is 5. The fraction of sp³-hybridized carbons (Fsp3) is 0.421. The molecule has 0 bridgehead atoms. The topological polar surface area (TPSA) is 92.6 Å². The van der Waals surface area contributed by atoms with Crippen LogP contribution >= 0.6 is 0 Å². The molecule has 0 saturated carbocycles. The lowest BCUT2D eigenvalue weighted by Crippen LogP contribution is -2.01. The first kappa shape index (κ1) is 19.1. The van der Waals surface area contributed by atoms with E-state index in [1.807, 2.05) is 6.07 Å². The van der Waals surface area contributed by atoms with Crippen LogP contribution in [0.2, 0.25) is 0 Å². The highest BCUT2D eigenvalue weighted by molar-refractivity contribution is 5.58. The molecule has 0 amide bonds. The molecule has 5 nitrogen and oxygen atoms in total. The van der Waals surface area contributed by atoms with Gasteiger partial charge >= 0.3 is 0 Å². The maximum atomic E-state index is 9.00. The SMILES string of the molecule is CCCCCCCCOc1ccc(NC(C#N)=C(C#N)C#N)cc1. The maximum absolute atomic E-state index is 9.00. The number of allylic oxidation sites excluding steroid dienone is 2. The van der Waals surface area contributed by atoms with Crippen LogP contribution in [0.5, 0.6) is 5.75 Å². The number of ether oxygens (including phenoxy) is 1. The van der Waals surface area contributed by atoms with Crippen LogP contribution < -0.4 is 10.1 Å². The Balaban J connectivity index is 2.44. The van der Waals surface area contributed by atoms with E-state index in [1.54, 1.807) is 36.4 Å². The first-order valence-electron chi connectivity index (χ1n) is 8.19. The smallest absolute Gasteiger partial charge is 0.163 e. The summed E-state index contributed by atoms with van der Waals surface area (Å²) in [5, 5.41) is 29.4. The van der Waals surface area contributed by atoms with Gasteiger partial charge in [-0.05, 0) is 30.7 Å². The Bertz CT molecular complexity index is 641. The maximum Gasteiger partial charge on any atom is 0.163 e. The zero-order valence-electron chi connectivity index (χ0n) is 14.0. The van der Waals surface area contributed by atoms with Crippen molar-refractivity contribution >= 4 is 5.69 Å². The highest BCUT2D eigenvalue weighted by atomic mass is 16.5. The lowest BCUT2D eigenvalue weighted by Gasteiger charge is -2.08. The lowest BCUT2D eigenvalue weighted by atomic mass is 10.1. The van der Waals surface area contributed by atoms with Crippen molar-refractivity contribution in [3.8, 4) is 24.0 Å². The number of nitrogens with zero attached hydrogens (tertiary/aromatic N) is 3. The van der Waals surface area contributed by atoms with Gasteiger partial charge in [-0.15, -0.1) is 0 Å². The number of anilines is 1. The van der Waals surface area contributed by atoms with Crippen LogP contribution in [0.1, 0.15) is 45.4 Å². The molecule has 0 aliphatic heterocycles. The molecule has 0 aliphatic rings. The van der Waals surface area contributed by atoms with Crippen LogP contribution in [-0.2, 0) is 0 Å². The summed E-state index contributed by atoms with van der Waals surface area (Å²) in [5.74, 6) is 0.761. The molecule has 0 aliphatic carbocycles. The molecule has 0 aromatic heterocycles. The summed E-state index contributed by atoms with van der Waals surface area (Å²) >= 11 is 0. The Morgan fingerprint density at radius 1 is 0.917 bits per heavy atom. The largest absolute Gasteiger partial charge is 0.494 e. The molecule has 1 aromatic carbocycles. The summed E-state index contributed by atoms with van der Waals surface area (Å²) in [4.78, 5) is 0. The minimum absolute atomic E-state index is 0.0549. The van der Waals surface area contributed by atoms with Gasteiger partial charge in [0, 0.05) is 5.69 Å². The number of nitrogens with one attached hydrogen (secondary N) is 1. The third-order valence-corrected chi connectivity index (χ3v) is 3.48. The zero-order valence-corrected chi connectivity index (χ0v) is 14.0. The fourth-order valence-electron chi connectivity index (χ4n) is 2.13. The number of rotatable bonds is 10. The summed E-state index contributed by atoms with van der Waals surface area (Å²) in [5.41, 5.74) is 0.336. The van der Waals surface area contributed by atoms with Crippen molar-refractivity contribution in [2.45, 2.75) is 45.4 Å². The molecule has 24 heavy (non-hydrogen) atoms. The van der Waals surface area contributed by atoms with Crippen LogP contribution in [0, 0.1) is 34.0 Å². The molecule has 1 aromatic rings. The summed E-state index contributed by atoms with van der Waals surface area (Å²) in [6.07, 6.45) is 7.32. The van der Waals surface area contributed by atoms with Gasteiger partial charge in [-0.2, -0.15) is 15.8 Å². The molecule has 1 rings (SSSR count). The molecule has 124 valence electrons. The second kappa shape index (κ2) is 11.6. The zero-order chi connectivity index (χ0) is 17.6. The average molecular weight is 322 g/mol. The molecule has 0 atom stereocenters. The van der Waals surface area contributed by atoms with Crippen LogP contribution in [0.25, 0.3) is 0 Å². The summed E-state index contributed by atoms with van der Waals surface area (Å²) in [7, 11) is 0. The second-order valence-electron chi connectivity index (χ2n) is 5.35. The van der Waals surface area contributed by atoms with Crippen molar-refractivity contribution in [3.63, 3.8) is 0 Å². The Kier molecular flexibility index (Phi) is 9.20.